The first-order chi connectivity index (χ1) is 9.65. The third-order valence-electron chi connectivity index (χ3n) is 3.45. The smallest absolute Gasteiger partial charge is 0.150 e. The van der Waals surface area contributed by atoms with Crippen molar-refractivity contribution in [3.05, 3.63) is 36.2 Å². The molecule has 0 radical (unpaired) electrons. The van der Waals surface area contributed by atoms with Gasteiger partial charge in [-0.05, 0) is 25.3 Å². The van der Waals surface area contributed by atoms with Crippen LogP contribution in [0.25, 0.3) is 11.1 Å². The number of nitrogens with zero attached hydrogens (tertiary/aromatic N) is 2. The molecule has 1 fully saturated rings. The largest absolute Gasteiger partial charge is 0.396 e. The molecule has 1 atom stereocenters. The summed E-state index contributed by atoms with van der Waals surface area (Å²) >= 11 is 0. The van der Waals surface area contributed by atoms with E-state index in [-0.39, 0.29) is 17.5 Å². The van der Waals surface area contributed by atoms with Gasteiger partial charge in [-0.15, -0.1) is 0 Å². The minimum atomic E-state index is -0.636. The van der Waals surface area contributed by atoms with E-state index in [0.29, 0.717) is 12.2 Å². The van der Waals surface area contributed by atoms with E-state index in [0.717, 1.165) is 31.4 Å². The fourth-order valence-electron chi connectivity index (χ4n) is 2.35. The topological polar surface area (TPSA) is 53.1 Å². The second-order valence-electron chi connectivity index (χ2n) is 4.88. The summed E-state index contributed by atoms with van der Waals surface area (Å²) in [5, 5.41) is 4.18. The van der Waals surface area contributed by atoms with Gasteiger partial charge in [-0.3, -0.25) is 0 Å². The van der Waals surface area contributed by atoms with Gasteiger partial charge in [0.05, 0.1) is 11.9 Å². The fourth-order valence-corrected chi connectivity index (χ4v) is 2.35. The molecule has 2 heterocycles. The SMILES string of the molecule is Nc1cc(F)c(-c2cnn(C3CCCCO3)c2)cc1F. The van der Waals surface area contributed by atoms with Crippen LogP contribution in [-0.4, -0.2) is 16.4 Å². The van der Waals surface area contributed by atoms with E-state index in [4.69, 9.17) is 10.5 Å². The minimum Gasteiger partial charge on any atom is -0.396 e. The Hall–Kier alpha value is -1.95. The highest BCUT2D eigenvalue weighted by Gasteiger charge is 2.18. The van der Waals surface area contributed by atoms with Crippen LogP contribution < -0.4 is 5.73 Å². The van der Waals surface area contributed by atoms with Gasteiger partial charge in [0.1, 0.15) is 17.9 Å². The first-order valence-corrected chi connectivity index (χ1v) is 6.56. The first-order valence-electron chi connectivity index (χ1n) is 6.56. The number of nitrogen functional groups attached to an aromatic ring is 1. The number of hydrogen-bond acceptors (Lipinski definition) is 3. The Balaban J connectivity index is 1.91. The number of rotatable bonds is 2. The van der Waals surface area contributed by atoms with Gasteiger partial charge in [-0.25, -0.2) is 13.5 Å². The standard InChI is InChI=1S/C14H15F2N3O/c15-11-6-13(17)12(16)5-10(11)9-7-18-19(8-9)14-3-1-2-4-20-14/h5-8,14H,1-4,17H2. The number of hydrogen-bond donors (Lipinski definition) is 1. The van der Waals surface area contributed by atoms with Gasteiger partial charge >= 0.3 is 0 Å². The van der Waals surface area contributed by atoms with Crippen LogP contribution in [0.2, 0.25) is 0 Å². The van der Waals surface area contributed by atoms with Crippen molar-refractivity contribution < 1.29 is 13.5 Å². The molecule has 2 aromatic rings. The van der Waals surface area contributed by atoms with Crippen LogP contribution in [0.4, 0.5) is 14.5 Å². The Labute approximate surface area is 115 Å². The van der Waals surface area contributed by atoms with Crippen molar-refractivity contribution in [2.75, 3.05) is 12.3 Å². The van der Waals surface area contributed by atoms with E-state index in [9.17, 15) is 8.78 Å². The predicted molar refractivity (Wildman–Crippen MR) is 70.8 cm³/mol. The van der Waals surface area contributed by atoms with E-state index in [1.807, 2.05) is 0 Å². The zero-order valence-electron chi connectivity index (χ0n) is 10.9. The number of aromatic nitrogens is 2. The summed E-state index contributed by atoms with van der Waals surface area (Å²) in [5.41, 5.74) is 5.80. The second-order valence-corrected chi connectivity index (χ2v) is 4.88. The van der Waals surface area contributed by atoms with Gasteiger partial charge in [-0.2, -0.15) is 5.10 Å². The minimum absolute atomic E-state index is 0.126. The molecular weight excluding hydrogens is 264 g/mol. The van der Waals surface area contributed by atoms with Crippen molar-refractivity contribution in [2.24, 2.45) is 0 Å². The molecule has 6 heteroatoms. The van der Waals surface area contributed by atoms with E-state index in [1.165, 1.54) is 6.20 Å². The predicted octanol–water partition coefficient (Wildman–Crippen LogP) is 3.11. The summed E-state index contributed by atoms with van der Waals surface area (Å²) in [7, 11) is 0. The van der Waals surface area contributed by atoms with E-state index >= 15 is 0 Å². The van der Waals surface area contributed by atoms with E-state index in [1.54, 1.807) is 10.9 Å². The van der Waals surface area contributed by atoms with Crippen LogP contribution >= 0.6 is 0 Å². The van der Waals surface area contributed by atoms with Crippen LogP contribution in [0.1, 0.15) is 25.5 Å². The lowest BCUT2D eigenvalue weighted by Crippen LogP contribution is -2.18. The normalized spacial score (nSPS) is 19.2. The maximum Gasteiger partial charge on any atom is 0.150 e. The Kier molecular flexibility index (Phi) is 3.40. The Morgan fingerprint density at radius 2 is 2.10 bits per heavy atom. The molecule has 0 spiro atoms. The number of halogens is 2. The zero-order chi connectivity index (χ0) is 14.1. The molecule has 20 heavy (non-hydrogen) atoms. The average Bonchev–Trinajstić information content (AvgIpc) is 2.93. The quantitative estimate of drug-likeness (QED) is 0.859. The fraction of sp³-hybridized carbons (Fsp3) is 0.357. The van der Waals surface area contributed by atoms with Crippen molar-refractivity contribution in [3.8, 4) is 11.1 Å². The summed E-state index contributed by atoms with van der Waals surface area (Å²) in [6.45, 7) is 0.699. The van der Waals surface area contributed by atoms with Crippen molar-refractivity contribution in [1.29, 1.82) is 0 Å². The maximum absolute atomic E-state index is 13.9. The molecule has 0 bridgehead atoms. The lowest BCUT2D eigenvalue weighted by Gasteiger charge is -2.22. The number of ether oxygens (including phenoxy) is 1. The molecule has 1 unspecified atom stereocenters. The molecule has 1 aliphatic rings. The molecule has 1 saturated heterocycles. The second kappa shape index (κ2) is 5.20. The van der Waals surface area contributed by atoms with Crippen LogP contribution in [0.15, 0.2) is 24.5 Å². The van der Waals surface area contributed by atoms with Crippen LogP contribution in [-0.2, 0) is 4.74 Å². The van der Waals surface area contributed by atoms with Crippen LogP contribution in [0.3, 0.4) is 0 Å². The summed E-state index contributed by atoms with van der Waals surface area (Å²) in [6, 6.07) is 2.08. The number of anilines is 1. The molecule has 1 aromatic heterocycles. The molecule has 106 valence electrons. The Morgan fingerprint density at radius 1 is 1.25 bits per heavy atom. The molecule has 3 rings (SSSR count). The molecular formula is C14H15F2N3O. The van der Waals surface area contributed by atoms with Gasteiger partial charge in [-0.1, -0.05) is 0 Å². The van der Waals surface area contributed by atoms with Crippen molar-refractivity contribution >= 4 is 5.69 Å². The highest BCUT2D eigenvalue weighted by molar-refractivity contribution is 5.65. The molecule has 0 aliphatic carbocycles. The highest BCUT2D eigenvalue weighted by Crippen LogP contribution is 2.28. The third kappa shape index (κ3) is 2.38. The van der Waals surface area contributed by atoms with Gasteiger partial charge in [0.2, 0.25) is 0 Å². The molecule has 4 nitrogen and oxygen atoms in total. The summed E-state index contributed by atoms with van der Waals surface area (Å²) < 4.78 is 34.6. The molecule has 1 aromatic carbocycles. The Bertz CT molecular complexity index is 621. The molecule has 0 saturated carbocycles. The Morgan fingerprint density at radius 3 is 2.85 bits per heavy atom. The van der Waals surface area contributed by atoms with Crippen LogP contribution in [0, 0.1) is 11.6 Å². The summed E-state index contributed by atoms with van der Waals surface area (Å²) in [5.74, 6) is -1.20. The lowest BCUT2D eigenvalue weighted by atomic mass is 10.1. The van der Waals surface area contributed by atoms with Gasteiger partial charge in [0.25, 0.3) is 0 Å². The first kappa shape index (κ1) is 13.1. The summed E-state index contributed by atoms with van der Waals surface area (Å²) in [6.07, 6.45) is 6.04. The number of nitrogens with two attached hydrogens (primary N) is 1. The van der Waals surface area contributed by atoms with E-state index in [2.05, 4.69) is 5.10 Å². The summed E-state index contributed by atoms with van der Waals surface area (Å²) in [4.78, 5) is 0. The highest BCUT2D eigenvalue weighted by atomic mass is 19.1. The molecule has 2 N–H and O–H groups in total. The van der Waals surface area contributed by atoms with Gasteiger partial charge < -0.3 is 10.5 Å². The third-order valence-corrected chi connectivity index (χ3v) is 3.45. The van der Waals surface area contributed by atoms with E-state index < -0.39 is 11.6 Å². The van der Waals surface area contributed by atoms with Crippen LogP contribution in [0.5, 0.6) is 0 Å². The van der Waals surface area contributed by atoms with Crippen molar-refractivity contribution in [1.82, 2.24) is 9.78 Å². The monoisotopic (exact) mass is 279 g/mol. The van der Waals surface area contributed by atoms with Crippen molar-refractivity contribution in [2.45, 2.75) is 25.5 Å². The van der Waals surface area contributed by atoms with Crippen molar-refractivity contribution in [3.63, 3.8) is 0 Å². The lowest BCUT2D eigenvalue weighted by molar-refractivity contribution is -0.0394. The molecule has 1 aliphatic heterocycles. The number of benzene rings is 1. The maximum atomic E-state index is 13.9. The zero-order valence-corrected chi connectivity index (χ0v) is 10.9. The molecule has 0 amide bonds. The average molecular weight is 279 g/mol. The van der Waals surface area contributed by atoms with Gasteiger partial charge in [0, 0.05) is 30.0 Å². The van der Waals surface area contributed by atoms with Gasteiger partial charge in [0.15, 0.2) is 0 Å².